The molecule has 3 heteroatoms. The lowest BCUT2D eigenvalue weighted by molar-refractivity contribution is -0.141. The second-order valence-corrected chi connectivity index (χ2v) is 2.79. The molecule has 0 aliphatic rings. The molecular weight excluding hydrogens is 192 g/mol. The molecule has 3 nitrogen and oxygen atoms in total. The highest BCUT2D eigenvalue weighted by Crippen LogP contribution is 2.13. The SMILES string of the molecule is C/C=C(\Oc1ccccc1)C(=O)OCC. The molecule has 0 atom stereocenters. The number of allylic oxidation sites excluding steroid dienone is 1. The molecular formula is C12H14O3. The van der Waals surface area contributed by atoms with Crippen LogP contribution in [0.2, 0.25) is 0 Å². The Morgan fingerprint density at radius 2 is 2.00 bits per heavy atom. The summed E-state index contributed by atoms with van der Waals surface area (Å²) in [5.74, 6) is 0.394. The van der Waals surface area contributed by atoms with E-state index in [9.17, 15) is 4.79 Å². The number of rotatable bonds is 4. The van der Waals surface area contributed by atoms with Gasteiger partial charge in [0.05, 0.1) is 6.61 Å². The Morgan fingerprint density at radius 3 is 2.53 bits per heavy atom. The van der Waals surface area contributed by atoms with Crippen LogP contribution in [0.5, 0.6) is 5.75 Å². The van der Waals surface area contributed by atoms with Gasteiger partial charge in [0.15, 0.2) is 0 Å². The zero-order valence-corrected chi connectivity index (χ0v) is 8.90. The van der Waals surface area contributed by atoms with Crippen LogP contribution in [-0.2, 0) is 9.53 Å². The summed E-state index contributed by atoms with van der Waals surface area (Å²) in [6.07, 6.45) is 1.59. The maximum Gasteiger partial charge on any atom is 0.373 e. The molecule has 0 aromatic heterocycles. The molecule has 0 aliphatic carbocycles. The van der Waals surface area contributed by atoms with Crippen molar-refractivity contribution in [3.63, 3.8) is 0 Å². The van der Waals surface area contributed by atoms with Gasteiger partial charge in [-0.3, -0.25) is 0 Å². The number of para-hydroxylation sites is 1. The number of carbonyl (C=O) groups excluding carboxylic acids is 1. The fourth-order valence-electron chi connectivity index (χ4n) is 1.04. The summed E-state index contributed by atoms with van der Waals surface area (Å²) in [4.78, 5) is 11.4. The van der Waals surface area contributed by atoms with E-state index in [1.54, 1.807) is 32.1 Å². The zero-order valence-electron chi connectivity index (χ0n) is 8.90. The normalized spacial score (nSPS) is 10.9. The maximum atomic E-state index is 11.4. The van der Waals surface area contributed by atoms with Crippen LogP contribution < -0.4 is 4.74 Å². The molecule has 1 aromatic carbocycles. The van der Waals surface area contributed by atoms with Crippen molar-refractivity contribution in [1.82, 2.24) is 0 Å². The van der Waals surface area contributed by atoms with Gasteiger partial charge in [0.2, 0.25) is 5.76 Å². The van der Waals surface area contributed by atoms with Crippen LogP contribution in [0.3, 0.4) is 0 Å². The lowest BCUT2D eigenvalue weighted by Gasteiger charge is -2.08. The molecule has 0 radical (unpaired) electrons. The van der Waals surface area contributed by atoms with E-state index in [0.717, 1.165) is 0 Å². The molecule has 0 saturated carbocycles. The van der Waals surface area contributed by atoms with E-state index in [4.69, 9.17) is 9.47 Å². The minimum absolute atomic E-state index is 0.211. The predicted molar refractivity (Wildman–Crippen MR) is 57.5 cm³/mol. The smallest absolute Gasteiger partial charge is 0.373 e. The molecule has 80 valence electrons. The first-order valence-electron chi connectivity index (χ1n) is 4.84. The molecule has 15 heavy (non-hydrogen) atoms. The minimum Gasteiger partial charge on any atom is -0.460 e. The van der Waals surface area contributed by atoms with Crippen molar-refractivity contribution < 1.29 is 14.3 Å². The zero-order chi connectivity index (χ0) is 11.1. The van der Waals surface area contributed by atoms with E-state index in [1.807, 2.05) is 18.2 Å². The maximum absolute atomic E-state index is 11.4. The molecule has 1 aromatic rings. The Hall–Kier alpha value is -1.77. The molecule has 0 saturated heterocycles. The number of carbonyl (C=O) groups is 1. The van der Waals surface area contributed by atoms with Crippen molar-refractivity contribution in [3.8, 4) is 5.75 Å². The Kier molecular flexibility index (Phi) is 4.41. The highest BCUT2D eigenvalue weighted by Gasteiger charge is 2.11. The van der Waals surface area contributed by atoms with E-state index in [0.29, 0.717) is 12.4 Å². The number of hydrogen-bond acceptors (Lipinski definition) is 3. The van der Waals surface area contributed by atoms with Crippen LogP contribution in [0, 0.1) is 0 Å². The van der Waals surface area contributed by atoms with Gasteiger partial charge < -0.3 is 9.47 Å². The van der Waals surface area contributed by atoms with Crippen LogP contribution in [0.15, 0.2) is 42.2 Å². The first-order valence-corrected chi connectivity index (χ1v) is 4.84. The van der Waals surface area contributed by atoms with Gasteiger partial charge in [0.25, 0.3) is 0 Å². The van der Waals surface area contributed by atoms with E-state index in [-0.39, 0.29) is 5.76 Å². The molecule has 0 bridgehead atoms. The molecule has 0 spiro atoms. The number of hydrogen-bond donors (Lipinski definition) is 0. The summed E-state index contributed by atoms with van der Waals surface area (Å²) < 4.78 is 10.2. The summed E-state index contributed by atoms with van der Waals surface area (Å²) in [6.45, 7) is 3.83. The largest absolute Gasteiger partial charge is 0.460 e. The summed E-state index contributed by atoms with van der Waals surface area (Å²) in [5, 5.41) is 0. The van der Waals surface area contributed by atoms with Crippen LogP contribution in [-0.4, -0.2) is 12.6 Å². The molecule has 0 heterocycles. The Bertz CT molecular complexity index is 341. The van der Waals surface area contributed by atoms with Crippen LogP contribution >= 0.6 is 0 Å². The number of ether oxygens (including phenoxy) is 2. The Labute approximate surface area is 89.3 Å². The predicted octanol–water partition coefficient (Wildman–Crippen LogP) is 2.53. The first-order chi connectivity index (χ1) is 7.27. The summed E-state index contributed by atoms with van der Waals surface area (Å²) in [7, 11) is 0. The van der Waals surface area contributed by atoms with Crippen LogP contribution in [0.1, 0.15) is 13.8 Å². The van der Waals surface area contributed by atoms with E-state index in [2.05, 4.69) is 0 Å². The van der Waals surface area contributed by atoms with Gasteiger partial charge in [-0.1, -0.05) is 18.2 Å². The molecule has 0 N–H and O–H groups in total. The van der Waals surface area contributed by atoms with Crippen molar-refractivity contribution in [3.05, 3.63) is 42.2 Å². The van der Waals surface area contributed by atoms with Gasteiger partial charge in [0, 0.05) is 0 Å². The van der Waals surface area contributed by atoms with Gasteiger partial charge >= 0.3 is 5.97 Å². The lowest BCUT2D eigenvalue weighted by atomic mass is 10.3. The van der Waals surface area contributed by atoms with Crippen molar-refractivity contribution in [2.24, 2.45) is 0 Å². The fraction of sp³-hybridized carbons (Fsp3) is 0.250. The standard InChI is InChI=1S/C12H14O3/c1-3-11(12(13)14-4-2)15-10-8-6-5-7-9-10/h3,5-9H,4H2,1-2H3/b11-3-. The molecule has 0 aliphatic heterocycles. The van der Waals surface area contributed by atoms with Gasteiger partial charge in [0.1, 0.15) is 5.75 Å². The van der Waals surface area contributed by atoms with E-state index in [1.165, 1.54) is 0 Å². The monoisotopic (exact) mass is 206 g/mol. The summed E-state index contributed by atoms with van der Waals surface area (Å²) in [5.41, 5.74) is 0. The third kappa shape index (κ3) is 3.46. The topological polar surface area (TPSA) is 35.5 Å². The second kappa shape index (κ2) is 5.86. The Balaban J connectivity index is 2.67. The average molecular weight is 206 g/mol. The van der Waals surface area contributed by atoms with Gasteiger partial charge in [-0.05, 0) is 32.1 Å². The van der Waals surface area contributed by atoms with Crippen molar-refractivity contribution >= 4 is 5.97 Å². The van der Waals surface area contributed by atoms with Gasteiger partial charge in [-0.2, -0.15) is 0 Å². The number of esters is 1. The second-order valence-electron chi connectivity index (χ2n) is 2.79. The highest BCUT2D eigenvalue weighted by atomic mass is 16.6. The highest BCUT2D eigenvalue weighted by molar-refractivity contribution is 5.86. The quantitative estimate of drug-likeness (QED) is 0.431. The third-order valence-electron chi connectivity index (χ3n) is 1.71. The van der Waals surface area contributed by atoms with Gasteiger partial charge in [-0.25, -0.2) is 4.79 Å². The van der Waals surface area contributed by atoms with E-state index >= 15 is 0 Å². The Morgan fingerprint density at radius 1 is 1.33 bits per heavy atom. The van der Waals surface area contributed by atoms with E-state index < -0.39 is 5.97 Å². The van der Waals surface area contributed by atoms with Gasteiger partial charge in [-0.15, -0.1) is 0 Å². The first kappa shape index (κ1) is 11.3. The van der Waals surface area contributed by atoms with Crippen LogP contribution in [0.25, 0.3) is 0 Å². The van der Waals surface area contributed by atoms with Crippen LogP contribution in [0.4, 0.5) is 0 Å². The van der Waals surface area contributed by atoms with Crippen molar-refractivity contribution in [2.45, 2.75) is 13.8 Å². The molecule has 0 unspecified atom stereocenters. The third-order valence-corrected chi connectivity index (χ3v) is 1.71. The molecule has 0 amide bonds. The summed E-state index contributed by atoms with van der Waals surface area (Å²) in [6, 6.07) is 9.12. The van der Waals surface area contributed by atoms with Crippen molar-refractivity contribution in [1.29, 1.82) is 0 Å². The summed E-state index contributed by atoms with van der Waals surface area (Å²) >= 11 is 0. The lowest BCUT2D eigenvalue weighted by Crippen LogP contribution is -2.12. The number of benzene rings is 1. The molecule has 0 fully saturated rings. The minimum atomic E-state index is -0.441. The van der Waals surface area contributed by atoms with Crippen molar-refractivity contribution in [2.75, 3.05) is 6.61 Å². The molecule has 1 rings (SSSR count). The fourth-order valence-corrected chi connectivity index (χ4v) is 1.04. The average Bonchev–Trinajstić information content (AvgIpc) is 2.27.